The molecule has 2 aromatic rings. The largest absolute Gasteiger partial charge is 0.381 e. The van der Waals surface area contributed by atoms with Crippen molar-refractivity contribution >= 4 is 0 Å². The highest BCUT2D eigenvalue weighted by Crippen LogP contribution is 2.28. The Morgan fingerprint density at radius 1 is 0.833 bits per heavy atom. The Balaban J connectivity index is 0.00000103. The molecule has 0 fully saturated rings. The summed E-state index contributed by atoms with van der Waals surface area (Å²) in [4.78, 5) is 0. The number of rotatable bonds is 10. The molecule has 4 heteroatoms. The summed E-state index contributed by atoms with van der Waals surface area (Å²) >= 11 is 0. The van der Waals surface area contributed by atoms with Gasteiger partial charge >= 0.3 is 0 Å². The van der Waals surface area contributed by atoms with Crippen molar-refractivity contribution in [3.63, 3.8) is 0 Å². The minimum absolute atomic E-state index is 0.202. The highest BCUT2D eigenvalue weighted by molar-refractivity contribution is 5.36. The van der Waals surface area contributed by atoms with Gasteiger partial charge in [-0.1, -0.05) is 102 Å². The molecule has 0 amide bonds. The van der Waals surface area contributed by atoms with Crippen LogP contribution in [0.4, 0.5) is 0 Å². The predicted octanol–water partition coefficient (Wildman–Crippen LogP) is 5.13. The molecule has 2 rings (SSSR count). The van der Waals surface area contributed by atoms with Gasteiger partial charge in [0, 0.05) is 19.7 Å². The molecule has 0 radical (unpaired) electrons. The topological polar surface area (TPSA) is 53.5 Å². The number of benzene rings is 2. The third kappa shape index (κ3) is 10.9. The quantitative estimate of drug-likeness (QED) is 0.373. The van der Waals surface area contributed by atoms with Crippen LogP contribution in [0, 0.1) is 11.3 Å². The lowest BCUT2D eigenvalue weighted by molar-refractivity contribution is 0.0657. The first-order valence-electron chi connectivity index (χ1n) is 11.0. The van der Waals surface area contributed by atoms with Gasteiger partial charge in [0.25, 0.3) is 0 Å². The van der Waals surface area contributed by atoms with Crippen LogP contribution in [0.25, 0.3) is 0 Å². The van der Waals surface area contributed by atoms with Crippen molar-refractivity contribution in [2.45, 2.75) is 53.6 Å². The van der Waals surface area contributed by atoms with Gasteiger partial charge in [-0.15, -0.1) is 0 Å². The van der Waals surface area contributed by atoms with Gasteiger partial charge in [0.05, 0.1) is 6.61 Å². The van der Waals surface area contributed by atoms with E-state index in [0.717, 1.165) is 43.2 Å². The Morgan fingerprint density at radius 2 is 1.30 bits per heavy atom. The van der Waals surface area contributed by atoms with Crippen molar-refractivity contribution in [2.75, 3.05) is 26.3 Å². The van der Waals surface area contributed by atoms with Crippen LogP contribution in [0.1, 0.15) is 59.1 Å². The molecule has 0 bridgehead atoms. The molecular formula is C26H42N2O2. The summed E-state index contributed by atoms with van der Waals surface area (Å²) in [5.41, 5.74) is 7.22. The summed E-state index contributed by atoms with van der Waals surface area (Å²) in [5, 5.41) is 11.4. The van der Waals surface area contributed by atoms with E-state index in [1.807, 2.05) is 60.7 Å². The van der Waals surface area contributed by atoms with E-state index in [0.29, 0.717) is 6.54 Å². The van der Waals surface area contributed by atoms with E-state index in [-0.39, 0.29) is 5.41 Å². The molecule has 30 heavy (non-hydrogen) atoms. The maximum absolute atomic E-state index is 11.4. The lowest BCUT2D eigenvalue weighted by Crippen LogP contribution is -2.45. The minimum Gasteiger partial charge on any atom is -0.381 e. The second-order valence-electron chi connectivity index (χ2n) is 9.57. The summed E-state index contributed by atoms with van der Waals surface area (Å²) in [5.74, 6) is 0.833. The number of hydrogen-bond donors (Lipinski definition) is 3. The fourth-order valence-electron chi connectivity index (χ4n) is 2.72. The Hall–Kier alpha value is -1.72. The zero-order valence-corrected chi connectivity index (χ0v) is 19.7. The number of hydrogen-bond acceptors (Lipinski definition) is 4. The lowest BCUT2D eigenvalue weighted by Gasteiger charge is -2.30. The SMILES string of the molecule is CC(C)(C)COCCCNNCC(O)(c1ccccc1)c1ccccc1.CC(C)C. The van der Waals surface area contributed by atoms with E-state index in [1.54, 1.807) is 0 Å². The molecule has 0 heterocycles. The van der Waals surface area contributed by atoms with Crippen LogP contribution in [0.2, 0.25) is 0 Å². The van der Waals surface area contributed by atoms with Crippen LogP contribution >= 0.6 is 0 Å². The van der Waals surface area contributed by atoms with E-state index in [2.05, 4.69) is 52.4 Å². The van der Waals surface area contributed by atoms with Gasteiger partial charge in [0.15, 0.2) is 0 Å². The van der Waals surface area contributed by atoms with Gasteiger partial charge in [-0.2, -0.15) is 0 Å². The average molecular weight is 415 g/mol. The number of ether oxygens (including phenoxy) is 1. The predicted molar refractivity (Wildman–Crippen MR) is 127 cm³/mol. The molecule has 0 saturated heterocycles. The molecule has 0 aliphatic rings. The van der Waals surface area contributed by atoms with Crippen LogP contribution in [0.3, 0.4) is 0 Å². The summed E-state index contributed by atoms with van der Waals surface area (Å²) < 4.78 is 5.67. The average Bonchev–Trinajstić information content (AvgIpc) is 2.70. The molecule has 0 aliphatic heterocycles. The highest BCUT2D eigenvalue weighted by Gasteiger charge is 2.30. The standard InChI is InChI=1S/C22H32N2O2.C4H10/c1-21(2,3)18-26-16-10-15-23-24-17-22(25,19-11-6-4-7-12-19)20-13-8-5-9-14-20;1-4(2)3/h4-9,11-14,23-25H,10,15-18H2,1-3H3;4H,1-3H3. The van der Waals surface area contributed by atoms with Crippen molar-refractivity contribution in [3.05, 3.63) is 71.8 Å². The van der Waals surface area contributed by atoms with E-state index >= 15 is 0 Å². The molecular weight excluding hydrogens is 372 g/mol. The monoisotopic (exact) mass is 414 g/mol. The summed E-state index contributed by atoms with van der Waals surface area (Å²) in [7, 11) is 0. The molecule has 0 atom stereocenters. The van der Waals surface area contributed by atoms with Crippen molar-refractivity contribution < 1.29 is 9.84 Å². The number of nitrogens with one attached hydrogen (secondary N) is 2. The third-order valence-electron chi connectivity index (χ3n) is 4.10. The normalized spacial score (nSPS) is 11.9. The van der Waals surface area contributed by atoms with E-state index in [9.17, 15) is 5.11 Å². The summed E-state index contributed by atoms with van der Waals surface area (Å²) in [6.07, 6.45) is 0.915. The van der Waals surface area contributed by atoms with Crippen molar-refractivity contribution in [1.82, 2.24) is 10.9 Å². The Labute approximate surface area is 184 Å². The Bertz CT molecular complexity index is 624. The highest BCUT2D eigenvalue weighted by atomic mass is 16.5. The minimum atomic E-state index is -1.09. The number of hydrazine groups is 1. The Morgan fingerprint density at radius 3 is 1.73 bits per heavy atom. The smallest absolute Gasteiger partial charge is 0.128 e. The maximum Gasteiger partial charge on any atom is 0.128 e. The van der Waals surface area contributed by atoms with Gasteiger partial charge in [-0.3, -0.25) is 10.9 Å². The zero-order valence-electron chi connectivity index (χ0n) is 19.7. The lowest BCUT2D eigenvalue weighted by atomic mass is 9.86. The van der Waals surface area contributed by atoms with Crippen molar-refractivity contribution in [3.8, 4) is 0 Å². The second-order valence-corrected chi connectivity index (χ2v) is 9.57. The maximum atomic E-state index is 11.4. The zero-order chi connectivity index (χ0) is 22.5. The molecule has 0 saturated carbocycles. The first-order valence-corrected chi connectivity index (χ1v) is 11.0. The molecule has 2 aromatic carbocycles. The summed E-state index contributed by atoms with van der Waals surface area (Å²) in [6, 6.07) is 19.5. The molecule has 0 unspecified atom stereocenters. The van der Waals surface area contributed by atoms with Crippen LogP contribution in [-0.4, -0.2) is 31.4 Å². The van der Waals surface area contributed by atoms with E-state index in [1.165, 1.54) is 0 Å². The number of aliphatic hydroxyl groups is 1. The van der Waals surface area contributed by atoms with Crippen molar-refractivity contribution in [1.29, 1.82) is 0 Å². The van der Waals surface area contributed by atoms with E-state index in [4.69, 9.17) is 4.74 Å². The van der Waals surface area contributed by atoms with E-state index < -0.39 is 5.60 Å². The molecule has 168 valence electrons. The van der Waals surface area contributed by atoms with Crippen LogP contribution in [0.15, 0.2) is 60.7 Å². The Kier molecular flexibility index (Phi) is 11.9. The van der Waals surface area contributed by atoms with Gasteiger partial charge < -0.3 is 9.84 Å². The van der Waals surface area contributed by atoms with Gasteiger partial charge in [0.2, 0.25) is 0 Å². The molecule has 3 N–H and O–H groups in total. The molecule has 0 aliphatic carbocycles. The second kappa shape index (κ2) is 13.6. The fraction of sp³-hybridized carbons (Fsp3) is 0.538. The first-order chi connectivity index (χ1) is 14.1. The van der Waals surface area contributed by atoms with Gasteiger partial charge in [-0.25, -0.2) is 0 Å². The van der Waals surface area contributed by atoms with Crippen LogP contribution < -0.4 is 10.9 Å². The van der Waals surface area contributed by atoms with Crippen LogP contribution in [-0.2, 0) is 10.3 Å². The molecule has 0 spiro atoms. The van der Waals surface area contributed by atoms with Crippen LogP contribution in [0.5, 0.6) is 0 Å². The van der Waals surface area contributed by atoms with Crippen molar-refractivity contribution in [2.24, 2.45) is 11.3 Å². The molecule has 4 nitrogen and oxygen atoms in total. The molecule has 0 aromatic heterocycles. The first kappa shape index (κ1) is 26.3. The fourth-order valence-corrected chi connectivity index (χ4v) is 2.72. The summed E-state index contributed by atoms with van der Waals surface area (Å²) in [6.45, 7) is 15.7. The van der Waals surface area contributed by atoms with Gasteiger partial charge in [0.1, 0.15) is 5.60 Å². The van der Waals surface area contributed by atoms with Gasteiger partial charge in [-0.05, 0) is 28.9 Å². The third-order valence-corrected chi connectivity index (χ3v) is 4.10.